The summed E-state index contributed by atoms with van der Waals surface area (Å²) in [6, 6.07) is 9.16. The lowest BCUT2D eigenvalue weighted by Gasteiger charge is -2.33. The van der Waals surface area contributed by atoms with Crippen LogP contribution in [0.5, 0.6) is 0 Å². The molecule has 1 aromatic carbocycles. The van der Waals surface area contributed by atoms with E-state index in [4.69, 9.17) is 26.6 Å². The summed E-state index contributed by atoms with van der Waals surface area (Å²) in [6.45, 7) is 1.59. The van der Waals surface area contributed by atoms with Crippen molar-refractivity contribution in [3.05, 3.63) is 56.7 Å². The summed E-state index contributed by atoms with van der Waals surface area (Å²) in [7, 11) is 1.42. The van der Waals surface area contributed by atoms with E-state index in [9.17, 15) is 14.4 Å². The highest BCUT2D eigenvalue weighted by molar-refractivity contribution is 7.10. The first-order chi connectivity index (χ1) is 14.3. The van der Waals surface area contributed by atoms with Gasteiger partial charge in [0.15, 0.2) is 0 Å². The number of carboxylic acid groups (broad SMARTS) is 2. The van der Waals surface area contributed by atoms with E-state index in [2.05, 4.69) is 16.3 Å². The van der Waals surface area contributed by atoms with Crippen molar-refractivity contribution in [2.24, 2.45) is 0 Å². The lowest BCUT2D eigenvalue weighted by atomic mass is 10.0. The highest BCUT2D eigenvalue weighted by Gasteiger charge is 2.32. The van der Waals surface area contributed by atoms with Gasteiger partial charge >= 0.3 is 17.9 Å². The van der Waals surface area contributed by atoms with Crippen molar-refractivity contribution in [1.82, 2.24) is 4.90 Å². The molecule has 0 saturated carbocycles. The van der Waals surface area contributed by atoms with Crippen molar-refractivity contribution in [2.45, 2.75) is 38.3 Å². The maximum Gasteiger partial charge on any atom is 0.327 e. The van der Waals surface area contributed by atoms with Crippen LogP contribution in [0.25, 0.3) is 0 Å². The van der Waals surface area contributed by atoms with E-state index in [0.717, 1.165) is 25.1 Å². The number of methoxy groups -OCH3 is 1. The zero-order chi connectivity index (χ0) is 22.1. The normalized spacial score (nSPS) is 14.1. The molecule has 9 heteroatoms. The predicted molar refractivity (Wildman–Crippen MR) is 114 cm³/mol. The van der Waals surface area contributed by atoms with E-state index in [0.29, 0.717) is 5.02 Å². The smallest absolute Gasteiger partial charge is 0.327 e. The number of hydrogen-bond acceptors (Lipinski definition) is 6. The lowest BCUT2D eigenvalue weighted by molar-refractivity contribution is -0.148. The van der Waals surface area contributed by atoms with Crippen LogP contribution in [0.3, 0.4) is 0 Å². The lowest BCUT2D eigenvalue weighted by Crippen LogP contribution is -2.38. The van der Waals surface area contributed by atoms with Gasteiger partial charge in [0.2, 0.25) is 0 Å². The molecule has 7 nitrogen and oxygen atoms in total. The molecule has 2 heterocycles. The Morgan fingerprint density at radius 3 is 2.43 bits per heavy atom. The number of ether oxygens (including phenoxy) is 1. The summed E-state index contributed by atoms with van der Waals surface area (Å²) in [5.74, 6) is -2.16. The Labute approximate surface area is 183 Å². The number of rotatable bonds is 7. The van der Waals surface area contributed by atoms with Gasteiger partial charge in [0.25, 0.3) is 0 Å². The number of halogens is 1. The molecular weight excluding hydrogens is 430 g/mol. The molecule has 1 aromatic heterocycles. The van der Waals surface area contributed by atoms with E-state index >= 15 is 0 Å². The molecule has 0 amide bonds. The fraction of sp³-hybridized carbons (Fsp3) is 0.381. The van der Waals surface area contributed by atoms with Gasteiger partial charge in [-0.25, -0.2) is 4.79 Å². The Morgan fingerprint density at radius 2 is 1.83 bits per heavy atom. The Bertz CT molecular complexity index is 870. The average molecular weight is 454 g/mol. The highest BCUT2D eigenvalue weighted by atomic mass is 35.5. The zero-order valence-corrected chi connectivity index (χ0v) is 18.1. The van der Waals surface area contributed by atoms with Gasteiger partial charge in [-0.3, -0.25) is 14.5 Å². The van der Waals surface area contributed by atoms with Crippen LogP contribution in [0.15, 0.2) is 35.7 Å². The number of aliphatic carboxylic acids is 2. The number of carbonyl (C=O) groups excluding carboxylic acids is 1. The van der Waals surface area contributed by atoms with Crippen LogP contribution in [0, 0.1) is 0 Å². The molecule has 1 aliphatic rings. The predicted octanol–water partition coefficient (Wildman–Crippen LogP) is 4.00. The van der Waals surface area contributed by atoms with Crippen LogP contribution in [-0.2, 0) is 32.1 Å². The fourth-order valence-electron chi connectivity index (χ4n) is 3.16. The van der Waals surface area contributed by atoms with Crippen molar-refractivity contribution in [2.75, 3.05) is 13.7 Å². The zero-order valence-electron chi connectivity index (χ0n) is 16.5. The molecular formula is C21H24ClNO6S. The van der Waals surface area contributed by atoms with Crippen molar-refractivity contribution in [3.63, 3.8) is 0 Å². The number of carbonyl (C=O) groups is 3. The minimum absolute atomic E-state index is 0.0632. The fourth-order valence-corrected chi connectivity index (χ4v) is 4.29. The molecule has 162 valence electrons. The summed E-state index contributed by atoms with van der Waals surface area (Å²) in [6.07, 6.45) is 1.05. The molecule has 0 unspecified atom stereocenters. The third kappa shape index (κ3) is 6.83. The Hall–Kier alpha value is -2.42. The number of thiophene rings is 1. The Morgan fingerprint density at radius 1 is 1.17 bits per heavy atom. The molecule has 2 aromatic rings. The van der Waals surface area contributed by atoms with Crippen molar-refractivity contribution < 1.29 is 29.3 Å². The molecule has 1 aliphatic heterocycles. The molecule has 0 saturated heterocycles. The van der Waals surface area contributed by atoms with E-state index in [1.807, 2.05) is 24.3 Å². The summed E-state index contributed by atoms with van der Waals surface area (Å²) in [4.78, 5) is 35.4. The van der Waals surface area contributed by atoms with E-state index in [1.165, 1.54) is 17.6 Å². The Balaban J connectivity index is 0.000000303. The van der Waals surface area contributed by atoms with E-state index < -0.39 is 18.0 Å². The summed E-state index contributed by atoms with van der Waals surface area (Å²) in [5.41, 5.74) is 2.11. The third-order valence-electron chi connectivity index (χ3n) is 4.61. The topological polar surface area (TPSA) is 104 Å². The van der Waals surface area contributed by atoms with E-state index in [-0.39, 0.29) is 25.2 Å². The number of hydrogen-bond donors (Lipinski definition) is 2. The van der Waals surface area contributed by atoms with Crippen LogP contribution < -0.4 is 0 Å². The van der Waals surface area contributed by atoms with Crippen LogP contribution in [0.4, 0.5) is 0 Å². The van der Waals surface area contributed by atoms with Gasteiger partial charge in [0.1, 0.15) is 6.04 Å². The average Bonchev–Trinajstić information content (AvgIpc) is 3.17. The first-order valence-electron chi connectivity index (χ1n) is 9.38. The summed E-state index contributed by atoms with van der Waals surface area (Å²) < 4.78 is 5.01. The van der Waals surface area contributed by atoms with Gasteiger partial charge in [0, 0.05) is 35.8 Å². The molecule has 2 N–H and O–H groups in total. The van der Waals surface area contributed by atoms with Crippen molar-refractivity contribution >= 4 is 40.8 Å². The third-order valence-corrected chi connectivity index (χ3v) is 5.98. The first-order valence-corrected chi connectivity index (χ1v) is 10.6. The van der Waals surface area contributed by atoms with E-state index in [1.54, 1.807) is 11.3 Å². The van der Waals surface area contributed by atoms with Gasteiger partial charge in [0.05, 0.1) is 7.11 Å². The summed E-state index contributed by atoms with van der Waals surface area (Å²) >= 11 is 8.07. The molecule has 0 radical (unpaired) electrons. The van der Waals surface area contributed by atoms with Crippen LogP contribution in [0.2, 0.25) is 5.02 Å². The van der Waals surface area contributed by atoms with Gasteiger partial charge in [-0.05, 0) is 41.5 Å². The molecule has 30 heavy (non-hydrogen) atoms. The van der Waals surface area contributed by atoms with Gasteiger partial charge < -0.3 is 14.9 Å². The maximum absolute atomic E-state index is 12.3. The molecule has 0 fully saturated rings. The minimum Gasteiger partial charge on any atom is -0.481 e. The number of carboxylic acids is 2. The quantitative estimate of drug-likeness (QED) is 0.610. The second kappa shape index (κ2) is 11.7. The van der Waals surface area contributed by atoms with Crippen LogP contribution >= 0.6 is 22.9 Å². The molecule has 3 rings (SSSR count). The monoisotopic (exact) mass is 453 g/mol. The molecule has 0 aliphatic carbocycles. The van der Waals surface area contributed by atoms with Crippen molar-refractivity contribution in [3.8, 4) is 0 Å². The van der Waals surface area contributed by atoms with Crippen molar-refractivity contribution in [1.29, 1.82) is 0 Å². The standard InChI is InChI=1S/C16H16ClNO2S.C5H8O4/c1-20-16(19)15(12-4-2-3-5-13(12)17)18-8-6-14-11(10-18)7-9-21-14;6-4(7)2-1-3-5(8)9/h2-5,7,9,15H,6,8,10H2,1H3;1-3H2,(H,6,7)(H,8,9)/t15-;/m1./s1. The second-order valence-electron chi connectivity index (χ2n) is 6.68. The summed E-state index contributed by atoms with van der Waals surface area (Å²) in [5, 5.41) is 18.8. The largest absolute Gasteiger partial charge is 0.481 e. The maximum atomic E-state index is 12.3. The van der Waals surface area contributed by atoms with Crippen LogP contribution in [0.1, 0.15) is 41.3 Å². The number of esters is 1. The first kappa shape index (κ1) is 23.9. The number of fused-ring (bicyclic) bond motifs is 1. The number of nitrogens with zero attached hydrogens (tertiary/aromatic N) is 1. The van der Waals surface area contributed by atoms with Gasteiger partial charge in [-0.2, -0.15) is 0 Å². The van der Waals surface area contributed by atoms with Gasteiger partial charge in [-0.1, -0.05) is 29.8 Å². The molecule has 0 bridgehead atoms. The molecule has 0 spiro atoms. The van der Waals surface area contributed by atoms with Gasteiger partial charge in [-0.15, -0.1) is 11.3 Å². The second-order valence-corrected chi connectivity index (χ2v) is 8.09. The Kier molecular flexibility index (Phi) is 9.29. The highest BCUT2D eigenvalue weighted by Crippen LogP contribution is 2.33. The number of benzene rings is 1. The molecule has 1 atom stereocenters. The van der Waals surface area contributed by atoms with Crippen LogP contribution in [-0.4, -0.2) is 46.7 Å². The minimum atomic E-state index is -0.948. The SMILES string of the molecule is COC(=O)[C@@H](c1ccccc1Cl)N1CCc2sccc2C1.O=C(O)CCCC(=O)O.